The van der Waals surface area contributed by atoms with E-state index in [0.29, 0.717) is 12.7 Å². The second kappa shape index (κ2) is 8.35. The zero-order valence-electron chi connectivity index (χ0n) is 13.7. The van der Waals surface area contributed by atoms with Crippen LogP contribution in [0.2, 0.25) is 10.0 Å². The van der Waals surface area contributed by atoms with Gasteiger partial charge in [-0.25, -0.2) is 4.79 Å². The number of benzene rings is 1. The Bertz CT molecular complexity index is 921. The molecule has 0 fully saturated rings. The number of tetrazole rings is 1. The van der Waals surface area contributed by atoms with Crippen molar-refractivity contribution in [2.45, 2.75) is 25.3 Å². The lowest BCUT2D eigenvalue weighted by atomic mass is 9.98. The highest BCUT2D eigenvalue weighted by Gasteiger charge is 2.27. The number of aryl methyl sites for hydroxylation is 1. The van der Waals surface area contributed by atoms with Gasteiger partial charge in [0.1, 0.15) is 18.0 Å². The van der Waals surface area contributed by atoms with Crippen molar-refractivity contribution in [2.24, 2.45) is 12.8 Å². The van der Waals surface area contributed by atoms with Crippen LogP contribution in [0, 0.1) is 0 Å². The summed E-state index contributed by atoms with van der Waals surface area (Å²) in [5.41, 5.74) is 5.01. The fourth-order valence-electron chi connectivity index (χ4n) is 2.21. The van der Waals surface area contributed by atoms with E-state index in [2.05, 4.69) is 10.4 Å². The standard InChI is InChI=1S/C15H15Cl2N5O4/c1-21-15(26)22(20-19-21)13-9(16)6-5-8(11(13)17)14(25)12(18)10(24)4-2-3-7-23/h5-7,12H,2-4,18H2,1H3. The van der Waals surface area contributed by atoms with Gasteiger partial charge in [-0.2, -0.15) is 9.36 Å². The highest BCUT2D eigenvalue weighted by Crippen LogP contribution is 2.31. The molecule has 138 valence electrons. The molecule has 9 nitrogen and oxygen atoms in total. The minimum Gasteiger partial charge on any atom is -0.315 e. The summed E-state index contributed by atoms with van der Waals surface area (Å²) in [5, 5.41) is 7.11. The lowest BCUT2D eigenvalue weighted by Crippen LogP contribution is -2.39. The normalized spacial score (nSPS) is 12.0. The minimum atomic E-state index is -1.44. The van der Waals surface area contributed by atoms with Crippen molar-refractivity contribution in [3.8, 4) is 5.69 Å². The molecule has 2 rings (SSSR count). The molecule has 0 aliphatic rings. The molecule has 0 saturated carbocycles. The number of ketones is 2. The monoisotopic (exact) mass is 399 g/mol. The smallest absolute Gasteiger partial charge is 0.315 e. The Kier molecular flexibility index (Phi) is 6.41. The second-order valence-electron chi connectivity index (χ2n) is 5.42. The van der Waals surface area contributed by atoms with Gasteiger partial charge in [-0.1, -0.05) is 23.2 Å². The third kappa shape index (κ3) is 3.90. The van der Waals surface area contributed by atoms with E-state index in [0.717, 1.165) is 9.36 Å². The molecule has 11 heteroatoms. The Hall–Kier alpha value is -2.36. The lowest BCUT2D eigenvalue weighted by Gasteiger charge is -2.13. The van der Waals surface area contributed by atoms with Gasteiger partial charge in [0.05, 0.1) is 10.0 Å². The first-order chi connectivity index (χ1) is 12.3. The van der Waals surface area contributed by atoms with Crippen molar-refractivity contribution in [1.29, 1.82) is 0 Å². The second-order valence-corrected chi connectivity index (χ2v) is 6.21. The lowest BCUT2D eigenvalue weighted by molar-refractivity contribution is -0.119. The van der Waals surface area contributed by atoms with Gasteiger partial charge in [-0.3, -0.25) is 9.59 Å². The summed E-state index contributed by atoms with van der Waals surface area (Å²) in [6.07, 6.45) is 1.18. The number of hydrogen-bond acceptors (Lipinski definition) is 7. The molecule has 0 saturated heterocycles. The Morgan fingerprint density at radius 1 is 1.31 bits per heavy atom. The molecule has 1 atom stereocenters. The van der Waals surface area contributed by atoms with E-state index in [1.807, 2.05) is 0 Å². The zero-order chi connectivity index (χ0) is 19.4. The van der Waals surface area contributed by atoms with Crippen molar-refractivity contribution >= 4 is 41.1 Å². The molecule has 26 heavy (non-hydrogen) atoms. The van der Waals surface area contributed by atoms with Crippen molar-refractivity contribution in [1.82, 2.24) is 19.8 Å². The summed E-state index contributed by atoms with van der Waals surface area (Å²) in [7, 11) is 1.39. The highest BCUT2D eigenvalue weighted by molar-refractivity contribution is 6.40. The molecular formula is C15H15Cl2N5O4. The number of aromatic nitrogens is 4. The van der Waals surface area contributed by atoms with Gasteiger partial charge in [0.25, 0.3) is 0 Å². The number of aldehydes is 1. The number of Topliss-reactive ketones (excluding diaryl/α,β-unsaturated/α-hetero) is 2. The maximum absolute atomic E-state index is 12.6. The summed E-state index contributed by atoms with van der Waals surface area (Å²) < 4.78 is 1.81. The summed E-state index contributed by atoms with van der Waals surface area (Å²) in [6.45, 7) is 0. The number of rotatable bonds is 8. The zero-order valence-corrected chi connectivity index (χ0v) is 15.2. The number of hydrogen-bond donors (Lipinski definition) is 1. The third-order valence-electron chi connectivity index (χ3n) is 3.64. The Morgan fingerprint density at radius 3 is 2.58 bits per heavy atom. The summed E-state index contributed by atoms with van der Waals surface area (Å²) in [4.78, 5) is 46.9. The average Bonchev–Trinajstić information content (AvgIpc) is 2.93. The topological polar surface area (TPSA) is 130 Å². The molecule has 1 aromatic heterocycles. The van der Waals surface area contributed by atoms with Gasteiger partial charge in [0.2, 0.25) is 0 Å². The molecule has 1 unspecified atom stereocenters. The van der Waals surface area contributed by atoms with Crippen LogP contribution in [0.15, 0.2) is 16.9 Å². The van der Waals surface area contributed by atoms with Gasteiger partial charge >= 0.3 is 5.69 Å². The van der Waals surface area contributed by atoms with E-state index in [1.165, 1.54) is 19.2 Å². The Labute approximate surface area is 157 Å². The number of carbonyl (C=O) groups is 3. The largest absolute Gasteiger partial charge is 0.368 e. The Balaban J connectivity index is 2.39. The van der Waals surface area contributed by atoms with Gasteiger partial charge in [0, 0.05) is 25.5 Å². The molecule has 2 N–H and O–H groups in total. The van der Waals surface area contributed by atoms with Crippen molar-refractivity contribution in [3.05, 3.63) is 38.2 Å². The van der Waals surface area contributed by atoms with Crippen molar-refractivity contribution in [2.75, 3.05) is 0 Å². The summed E-state index contributed by atoms with van der Waals surface area (Å²) in [6, 6.07) is 1.23. The Morgan fingerprint density at radius 2 is 2.00 bits per heavy atom. The van der Waals surface area contributed by atoms with Crippen LogP contribution in [-0.4, -0.2) is 43.7 Å². The maximum Gasteiger partial charge on any atom is 0.368 e. The van der Waals surface area contributed by atoms with Gasteiger partial charge < -0.3 is 10.5 Å². The highest BCUT2D eigenvalue weighted by atomic mass is 35.5. The number of halogens is 2. The molecule has 0 bridgehead atoms. The van der Waals surface area contributed by atoms with Gasteiger partial charge in [-0.15, -0.1) is 0 Å². The fraction of sp³-hybridized carbons (Fsp3) is 0.333. The average molecular weight is 400 g/mol. The number of nitrogens with two attached hydrogens (primary N) is 1. The summed E-state index contributed by atoms with van der Waals surface area (Å²) >= 11 is 12.3. The van der Waals surface area contributed by atoms with Crippen LogP contribution in [0.25, 0.3) is 5.69 Å². The number of nitrogens with zero attached hydrogens (tertiary/aromatic N) is 4. The molecule has 2 aromatic rings. The quantitative estimate of drug-likeness (QED) is 0.299. The van der Waals surface area contributed by atoms with Crippen LogP contribution in [0.3, 0.4) is 0 Å². The first kappa shape index (κ1) is 20.0. The van der Waals surface area contributed by atoms with Crippen LogP contribution < -0.4 is 11.4 Å². The molecule has 0 aliphatic heterocycles. The van der Waals surface area contributed by atoms with Crippen LogP contribution in [-0.2, 0) is 16.6 Å². The number of carbonyl (C=O) groups excluding carboxylic acids is 3. The first-order valence-corrected chi connectivity index (χ1v) is 8.28. The van der Waals surface area contributed by atoms with Crippen LogP contribution in [0.4, 0.5) is 0 Å². The molecule has 0 aliphatic carbocycles. The van der Waals surface area contributed by atoms with E-state index >= 15 is 0 Å². The SMILES string of the molecule is Cn1nnn(-c2c(Cl)ccc(C(=O)C(N)C(=O)CCCC=O)c2Cl)c1=O. The van der Waals surface area contributed by atoms with Crippen molar-refractivity contribution < 1.29 is 14.4 Å². The van der Waals surface area contributed by atoms with E-state index in [4.69, 9.17) is 28.9 Å². The van der Waals surface area contributed by atoms with Crippen molar-refractivity contribution in [3.63, 3.8) is 0 Å². The molecule has 0 amide bonds. The van der Waals surface area contributed by atoms with Gasteiger partial charge in [0.15, 0.2) is 11.6 Å². The molecule has 0 spiro atoms. The molecule has 0 radical (unpaired) electrons. The van der Waals surface area contributed by atoms with Crippen LogP contribution in [0.5, 0.6) is 0 Å². The van der Waals surface area contributed by atoms with E-state index < -0.39 is 23.3 Å². The predicted molar refractivity (Wildman–Crippen MR) is 93.8 cm³/mol. The van der Waals surface area contributed by atoms with E-state index in [1.54, 1.807) is 0 Å². The molecular weight excluding hydrogens is 385 g/mol. The first-order valence-electron chi connectivity index (χ1n) is 7.53. The molecule has 1 heterocycles. The maximum atomic E-state index is 12.6. The van der Waals surface area contributed by atoms with Crippen LogP contribution >= 0.6 is 23.2 Å². The van der Waals surface area contributed by atoms with E-state index in [9.17, 15) is 19.2 Å². The van der Waals surface area contributed by atoms with E-state index in [-0.39, 0.29) is 34.1 Å². The van der Waals surface area contributed by atoms with Crippen LogP contribution in [0.1, 0.15) is 29.6 Å². The number of unbranched alkanes of at least 4 members (excludes halogenated alkanes) is 1. The summed E-state index contributed by atoms with van der Waals surface area (Å²) in [5.74, 6) is -1.23. The third-order valence-corrected chi connectivity index (χ3v) is 4.33. The molecule has 1 aromatic carbocycles. The predicted octanol–water partition coefficient (Wildman–Crippen LogP) is 0.721. The minimum absolute atomic E-state index is 0.00662. The fourth-order valence-corrected chi connectivity index (χ4v) is 2.83. The van der Waals surface area contributed by atoms with Gasteiger partial charge in [-0.05, 0) is 29.0 Å².